The third kappa shape index (κ3) is 4.14. The van der Waals surface area contributed by atoms with Crippen LogP contribution in [0.4, 0.5) is 5.82 Å². The Morgan fingerprint density at radius 2 is 2.14 bits per heavy atom. The van der Waals surface area contributed by atoms with E-state index in [4.69, 9.17) is 0 Å². The number of carbonyl (C=O) groups is 1. The first-order valence-electron chi connectivity index (χ1n) is 7.04. The van der Waals surface area contributed by atoms with E-state index in [1.165, 1.54) is 11.5 Å². The average Bonchev–Trinajstić information content (AvgIpc) is 2.97. The molecule has 0 spiro atoms. The highest BCUT2D eigenvalue weighted by Gasteiger charge is 2.21. The molecule has 2 aromatic heterocycles. The lowest BCUT2D eigenvalue weighted by atomic mass is 9.79. The molecule has 0 unspecified atom stereocenters. The van der Waals surface area contributed by atoms with Crippen LogP contribution >= 0.6 is 11.5 Å². The number of rotatable bonds is 4. The number of carbonyl (C=O) groups excluding carboxylic acids is 1. The van der Waals surface area contributed by atoms with Gasteiger partial charge in [-0.05, 0) is 42.3 Å². The molecule has 5 nitrogen and oxygen atoms in total. The van der Waals surface area contributed by atoms with Crippen LogP contribution in [0, 0.1) is 18.3 Å². The lowest BCUT2D eigenvalue weighted by molar-refractivity contribution is 0.102. The maximum absolute atomic E-state index is 12.0. The van der Waals surface area contributed by atoms with E-state index < -0.39 is 0 Å². The number of H-pyrrole nitrogens is 1. The van der Waals surface area contributed by atoms with Gasteiger partial charge in [-0.2, -0.15) is 9.47 Å². The number of nitrogens with zero attached hydrogens (tertiary/aromatic N) is 2. The summed E-state index contributed by atoms with van der Waals surface area (Å²) in [5, 5.41) is 9.90. The zero-order chi connectivity index (χ0) is 15.6. The summed E-state index contributed by atoms with van der Waals surface area (Å²) in [5.41, 5.74) is 1.71. The van der Waals surface area contributed by atoms with Gasteiger partial charge in [-0.1, -0.05) is 27.7 Å². The largest absolute Gasteiger partial charge is 0.304 e. The summed E-state index contributed by atoms with van der Waals surface area (Å²) in [5.74, 6) is 0.839. The average molecular weight is 306 g/mol. The van der Waals surface area contributed by atoms with Crippen LogP contribution in [0.5, 0.6) is 0 Å². The topological polar surface area (TPSA) is 70.7 Å². The first kappa shape index (κ1) is 15.7. The fourth-order valence-corrected chi connectivity index (χ4v) is 2.36. The van der Waals surface area contributed by atoms with E-state index in [-0.39, 0.29) is 11.3 Å². The van der Waals surface area contributed by atoms with Crippen molar-refractivity contribution in [3.8, 4) is 0 Å². The highest BCUT2D eigenvalue weighted by Crippen LogP contribution is 2.28. The summed E-state index contributed by atoms with van der Waals surface area (Å²) < 4.78 is 4.09. The van der Waals surface area contributed by atoms with E-state index in [1.807, 2.05) is 13.0 Å². The number of nitrogens with one attached hydrogen (secondary N) is 2. The Morgan fingerprint density at radius 3 is 2.71 bits per heavy atom. The van der Waals surface area contributed by atoms with Crippen LogP contribution in [0.2, 0.25) is 0 Å². The lowest BCUT2D eigenvalue weighted by Gasteiger charge is -2.26. The fraction of sp³-hybridized carbons (Fsp3) is 0.533. The zero-order valence-corrected chi connectivity index (χ0v) is 14.0. The number of hydrogen-bond acceptors (Lipinski definition) is 4. The number of aromatic nitrogens is 3. The number of aromatic amines is 1. The standard InChI is InChI=1S/C15H22N4OS/c1-9(15(3,4)5)6-11-8-13(18-17-11)16-14(20)12-7-10(2)21-19-12/h7-9H,6H2,1-5H3,(H2,16,17,18,20)/t9-/m1/s1. The molecule has 21 heavy (non-hydrogen) atoms. The Balaban J connectivity index is 1.99. The molecule has 114 valence electrons. The molecule has 2 aromatic rings. The minimum Gasteiger partial charge on any atom is -0.304 e. The summed E-state index contributed by atoms with van der Waals surface area (Å²) >= 11 is 1.32. The summed E-state index contributed by atoms with van der Waals surface area (Å²) in [6.07, 6.45) is 0.905. The van der Waals surface area contributed by atoms with Crippen LogP contribution in [0.1, 0.15) is 48.8 Å². The van der Waals surface area contributed by atoms with Crippen LogP contribution in [0.15, 0.2) is 12.1 Å². The minimum atomic E-state index is -0.221. The Bertz CT molecular complexity index is 624. The van der Waals surface area contributed by atoms with Gasteiger partial charge in [-0.15, -0.1) is 0 Å². The maximum atomic E-state index is 12.0. The van der Waals surface area contributed by atoms with Crippen LogP contribution in [-0.4, -0.2) is 20.5 Å². The van der Waals surface area contributed by atoms with Crippen LogP contribution in [0.3, 0.4) is 0 Å². The molecule has 2 heterocycles. The van der Waals surface area contributed by atoms with E-state index >= 15 is 0 Å². The first-order chi connectivity index (χ1) is 9.75. The molecule has 2 rings (SSSR count). The Labute approximate surface area is 129 Å². The third-order valence-corrected chi connectivity index (χ3v) is 4.43. The molecule has 2 N–H and O–H groups in total. The first-order valence-corrected chi connectivity index (χ1v) is 7.82. The molecule has 6 heteroatoms. The molecular formula is C15H22N4OS. The summed E-state index contributed by atoms with van der Waals surface area (Å²) in [6.45, 7) is 10.8. The van der Waals surface area contributed by atoms with Crippen molar-refractivity contribution in [2.75, 3.05) is 5.32 Å². The molecule has 0 bridgehead atoms. The van der Waals surface area contributed by atoms with Crippen LogP contribution < -0.4 is 5.32 Å². The second kappa shape index (κ2) is 5.97. The molecule has 1 atom stereocenters. The molecule has 0 fully saturated rings. The second-order valence-corrected chi connectivity index (χ2v) is 7.54. The SMILES string of the molecule is Cc1cc(C(=O)Nc2cc(C[C@@H](C)C(C)(C)C)[nH]n2)ns1. The van der Waals surface area contributed by atoms with Crippen molar-refractivity contribution in [2.45, 2.75) is 41.0 Å². The zero-order valence-electron chi connectivity index (χ0n) is 13.2. The van der Waals surface area contributed by atoms with Gasteiger partial charge in [0.2, 0.25) is 0 Å². The number of aryl methyl sites for hydroxylation is 1. The number of amides is 1. The van der Waals surface area contributed by atoms with Crippen molar-refractivity contribution in [3.05, 3.63) is 28.4 Å². The van der Waals surface area contributed by atoms with Gasteiger partial charge in [0, 0.05) is 16.6 Å². The quantitative estimate of drug-likeness (QED) is 0.905. The van der Waals surface area contributed by atoms with Gasteiger partial charge in [0.05, 0.1) is 0 Å². The maximum Gasteiger partial charge on any atom is 0.276 e. The number of hydrogen-bond donors (Lipinski definition) is 2. The van der Waals surface area contributed by atoms with E-state index in [2.05, 4.69) is 47.6 Å². The summed E-state index contributed by atoms with van der Waals surface area (Å²) in [4.78, 5) is 13.0. The van der Waals surface area contributed by atoms with E-state index in [0.717, 1.165) is 17.0 Å². The highest BCUT2D eigenvalue weighted by molar-refractivity contribution is 7.05. The van der Waals surface area contributed by atoms with Gasteiger partial charge in [0.1, 0.15) is 5.69 Å². The highest BCUT2D eigenvalue weighted by atomic mass is 32.1. The molecule has 0 aliphatic carbocycles. The van der Waals surface area contributed by atoms with Crippen LogP contribution in [0.25, 0.3) is 0 Å². The van der Waals surface area contributed by atoms with Crippen molar-refractivity contribution in [2.24, 2.45) is 11.3 Å². The van der Waals surface area contributed by atoms with Crippen molar-refractivity contribution < 1.29 is 4.79 Å². The lowest BCUT2D eigenvalue weighted by Crippen LogP contribution is -2.19. The van der Waals surface area contributed by atoms with Crippen molar-refractivity contribution in [1.82, 2.24) is 14.6 Å². The fourth-order valence-electron chi connectivity index (χ4n) is 1.82. The smallest absolute Gasteiger partial charge is 0.276 e. The number of anilines is 1. The van der Waals surface area contributed by atoms with Gasteiger partial charge < -0.3 is 5.32 Å². The molecule has 1 amide bonds. The molecule has 0 aliphatic heterocycles. The van der Waals surface area contributed by atoms with Gasteiger partial charge in [-0.25, -0.2) is 0 Å². The predicted molar refractivity (Wildman–Crippen MR) is 85.7 cm³/mol. The molecule has 0 aromatic carbocycles. The van der Waals surface area contributed by atoms with E-state index in [1.54, 1.807) is 6.07 Å². The predicted octanol–water partition coefficient (Wildman–Crippen LogP) is 3.65. The Hall–Kier alpha value is -1.69. The van der Waals surface area contributed by atoms with Crippen molar-refractivity contribution >= 4 is 23.3 Å². The van der Waals surface area contributed by atoms with E-state index in [9.17, 15) is 4.79 Å². The molecule has 0 radical (unpaired) electrons. The van der Waals surface area contributed by atoms with Crippen molar-refractivity contribution in [3.63, 3.8) is 0 Å². The second-order valence-electron chi connectivity index (χ2n) is 6.53. The molecular weight excluding hydrogens is 284 g/mol. The Kier molecular flexibility index (Phi) is 4.46. The normalized spacial score (nSPS) is 13.2. The summed E-state index contributed by atoms with van der Waals surface area (Å²) in [6, 6.07) is 3.66. The van der Waals surface area contributed by atoms with Gasteiger partial charge >= 0.3 is 0 Å². The molecule has 0 saturated carbocycles. The molecule has 0 aliphatic rings. The third-order valence-electron chi connectivity index (χ3n) is 3.74. The monoisotopic (exact) mass is 306 g/mol. The van der Waals surface area contributed by atoms with Gasteiger partial charge in [-0.3, -0.25) is 9.89 Å². The van der Waals surface area contributed by atoms with Gasteiger partial charge in [0.25, 0.3) is 5.91 Å². The minimum absolute atomic E-state index is 0.221. The van der Waals surface area contributed by atoms with E-state index in [0.29, 0.717) is 17.4 Å². The Morgan fingerprint density at radius 1 is 1.43 bits per heavy atom. The summed E-state index contributed by atoms with van der Waals surface area (Å²) in [7, 11) is 0. The molecule has 0 saturated heterocycles. The van der Waals surface area contributed by atoms with Crippen molar-refractivity contribution in [1.29, 1.82) is 0 Å². The van der Waals surface area contributed by atoms with Crippen LogP contribution in [-0.2, 0) is 6.42 Å². The van der Waals surface area contributed by atoms with Gasteiger partial charge in [0.15, 0.2) is 5.82 Å².